The molecule has 0 bridgehead atoms. The maximum absolute atomic E-state index is 5.17. The molecule has 1 aliphatic rings. The van der Waals surface area contributed by atoms with Crippen molar-refractivity contribution in [3.8, 4) is 0 Å². The molecule has 0 amide bonds. The third-order valence-electron chi connectivity index (χ3n) is 3.93. The zero-order chi connectivity index (χ0) is 13.0. The lowest BCUT2D eigenvalue weighted by Gasteiger charge is -2.29. The van der Waals surface area contributed by atoms with E-state index in [1.54, 1.807) is 6.26 Å². The summed E-state index contributed by atoms with van der Waals surface area (Å²) in [5.41, 5.74) is 1.28. The van der Waals surface area contributed by atoms with Crippen molar-refractivity contribution < 1.29 is 4.42 Å². The predicted molar refractivity (Wildman–Crippen MR) is 74.2 cm³/mol. The van der Waals surface area contributed by atoms with Crippen LogP contribution in [0.3, 0.4) is 0 Å². The molecule has 0 N–H and O–H groups in total. The third kappa shape index (κ3) is 3.15. The molecule has 3 nitrogen and oxygen atoms in total. The van der Waals surface area contributed by atoms with Crippen LogP contribution in [0.4, 0.5) is 0 Å². The fraction of sp³-hybridized carbons (Fsp3) is 0.667. The highest BCUT2D eigenvalue weighted by Crippen LogP contribution is 2.23. The van der Waals surface area contributed by atoms with Crippen LogP contribution in [0.15, 0.2) is 23.0 Å². The van der Waals surface area contributed by atoms with Gasteiger partial charge in [-0.25, -0.2) is 0 Å². The van der Waals surface area contributed by atoms with Gasteiger partial charge in [0.1, 0.15) is 0 Å². The van der Waals surface area contributed by atoms with E-state index in [1.807, 2.05) is 6.26 Å². The van der Waals surface area contributed by atoms with Gasteiger partial charge in [-0.2, -0.15) is 0 Å². The van der Waals surface area contributed by atoms with Crippen molar-refractivity contribution in [2.24, 2.45) is 5.92 Å². The SMILES string of the molecule is C[CH]CN1CC(C)[C@@H](N(CC)Cc2ccoc2)C1. The van der Waals surface area contributed by atoms with E-state index in [9.17, 15) is 0 Å². The molecule has 1 aliphatic heterocycles. The lowest BCUT2D eigenvalue weighted by atomic mass is 10.0. The Balaban J connectivity index is 1.95. The van der Waals surface area contributed by atoms with Gasteiger partial charge in [-0.3, -0.25) is 4.90 Å². The number of hydrogen-bond donors (Lipinski definition) is 0. The number of rotatable bonds is 6. The largest absolute Gasteiger partial charge is 0.472 e. The Hall–Kier alpha value is -0.800. The van der Waals surface area contributed by atoms with Gasteiger partial charge in [0, 0.05) is 37.8 Å². The van der Waals surface area contributed by atoms with Crippen LogP contribution < -0.4 is 0 Å². The molecule has 2 rings (SSSR count). The molecular formula is C15H25N2O. The zero-order valence-electron chi connectivity index (χ0n) is 11.8. The van der Waals surface area contributed by atoms with E-state index < -0.39 is 0 Å². The molecule has 0 aromatic carbocycles. The summed E-state index contributed by atoms with van der Waals surface area (Å²) in [7, 11) is 0. The molecule has 1 unspecified atom stereocenters. The molecular weight excluding hydrogens is 224 g/mol. The van der Waals surface area contributed by atoms with Crippen LogP contribution in [0, 0.1) is 12.3 Å². The highest BCUT2D eigenvalue weighted by Gasteiger charge is 2.32. The molecule has 0 aliphatic carbocycles. The van der Waals surface area contributed by atoms with Gasteiger partial charge in [0.05, 0.1) is 12.5 Å². The fourth-order valence-electron chi connectivity index (χ4n) is 3.01. The van der Waals surface area contributed by atoms with Crippen LogP contribution in [0.1, 0.15) is 26.3 Å². The summed E-state index contributed by atoms with van der Waals surface area (Å²) in [6.07, 6.45) is 5.88. The summed E-state index contributed by atoms with van der Waals surface area (Å²) >= 11 is 0. The van der Waals surface area contributed by atoms with Crippen molar-refractivity contribution in [2.45, 2.75) is 33.4 Å². The van der Waals surface area contributed by atoms with Gasteiger partial charge in [-0.05, 0) is 24.9 Å². The molecule has 0 saturated carbocycles. The molecule has 0 spiro atoms. The van der Waals surface area contributed by atoms with Gasteiger partial charge in [-0.15, -0.1) is 0 Å². The summed E-state index contributed by atoms with van der Waals surface area (Å²) in [6, 6.07) is 2.74. The van der Waals surface area contributed by atoms with Gasteiger partial charge in [0.25, 0.3) is 0 Å². The third-order valence-corrected chi connectivity index (χ3v) is 3.93. The average molecular weight is 249 g/mol. The molecule has 101 valence electrons. The second-order valence-electron chi connectivity index (χ2n) is 5.37. The lowest BCUT2D eigenvalue weighted by Crippen LogP contribution is -2.39. The molecule has 3 heteroatoms. The van der Waals surface area contributed by atoms with Gasteiger partial charge >= 0.3 is 0 Å². The Morgan fingerprint density at radius 1 is 1.50 bits per heavy atom. The lowest BCUT2D eigenvalue weighted by molar-refractivity contribution is 0.172. The number of likely N-dealkylation sites (N-methyl/N-ethyl adjacent to an activating group) is 1. The van der Waals surface area contributed by atoms with Crippen molar-refractivity contribution in [3.63, 3.8) is 0 Å². The normalized spacial score (nSPS) is 25.1. The Morgan fingerprint density at radius 2 is 2.33 bits per heavy atom. The van der Waals surface area contributed by atoms with Gasteiger partial charge < -0.3 is 9.32 Å². The molecule has 2 atom stereocenters. The minimum Gasteiger partial charge on any atom is -0.472 e. The number of nitrogens with zero attached hydrogens (tertiary/aromatic N) is 2. The Morgan fingerprint density at radius 3 is 2.94 bits per heavy atom. The van der Waals surface area contributed by atoms with Crippen LogP contribution in [0.25, 0.3) is 0 Å². The first-order chi connectivity index (χ1) is 8.74. The minimum atomic E-state index is 0.671. The quantitative estimate of drug-likeness (QED) is 0.773. The average Bonchev–Trinajstić information content (AvgIpc) is 2.97. The first-order valence-electron chi connectivity index (χ1n) is 6.99. The smallest absolute Gasteiger partial charge is 0.0947 e. The topological polar surface area (TPSA) is 19.6 Å². The van der Waals surface area contributed by atoms with Crippen molar-refractivity contribution in [1.82, 2.24) is 9.80 Å². The molecule has 18 heavy (non-hydrogen) atoms. The van der Waals surface area contributed by atoms with E-state index in [0.717, 1.165) is 25.6 Å². The zero-order valence-corrected chi connectivity index (χ0v) is 11.8. The first kappa shape index (κ1) is 13.6. The Kier molecular flexibility index (Phi) is 4.84. The number of likely N-dealkylation sites (tertiary alicyclic amines) is 1. The van der Waals surface area contributed by atoms with E-state index in [4.69, 9.17) is 4.42 Å². The van der Waals surface area contributed by atoms with Gasteiger partial charge in [0.15, 0.2) is 0 Å². The summed E-state index contributed by atoms with van der Waals surface area (Å²) in [5.74, 6) is 0.747. The van der Waals surface area contributed by atoms with Gasteiger partial charge in [-0.1, -0.05) is 20.8 Å². The molecule has 1 saturated heterocycles. The maximum atomic E-state index is 5.17. The van der Waals surface area contributed by atoms with Crippen molar-refractivity contribution in [1.29, 1.82) is 0 Å². The van der Waals surface area contributed by atoms with E-state index in [2.05, 4.69) is 43.1 Å². The summed E-state index contributed by atoms with van der Waals surface area (Å²) < 4.78 is 5.17. The maximum Gasteiger partial charge on any atom is 0.0947 e. The number of hydrogen-bond acceptors (Lipinski definition) is 3. The molecule has 1 radical (unpaired) electrons. The van der Waals surface area contributed by atoms with Crippen molar-refractivity contribution in [2.75, 3.05) is 26.2 Å². The first-order valence-corrected chi connectivity index (χ1v) is 6.99. The van der Waals surface area contributed by atoms with E-state index in [1.165, 1.54) is 18.7 Å². The molecule has 2 heterocycles. The molecule has 1 aromatic heterocycles. The Labute approximate surface area is 111 Å². The molecule has 1 aromatic rings. The highest BCUT2D eigenvalue weighted by atomic mass is 16.3. The highest BCUT2D eigenvalue weighted by molar-refractivity contribution is 5.06. The van der Waals surface area contributed by atoms with Crippen LogP contribution in [0.2, 0.25) is 0 Å². The summed E-state index contributed by atoms with van der Waals surface area (Å²) in [4.78, 5) is 5.12. The second kappa shape index (κ2) is 6.39. The standard InChI is InChI=1S/C15H25N2O/c1-4-7-16-9-13(3)15(11-16)17(5-2)10-14-6-8-18-12-14/h4,6,8,12-13,15H,5,7,9-11H2,1-3H3/t13?,15-/m0/s1. The van der Waals surface area contributed by atoms with Crippen LogP contribution in [-0.4, -0.2) is 42.0 Å². The monoisotopic (exact) mass is 249 g/mol. The fourth-order valence-corrected chi connectivity index (χ4v) is 3.01. The van der Waals surface area contributed by atoms with E-state index >= 15 is 0 Å². The summed E-state index contributed by atoms with van der Waals surface area (Å²) in [5, 5.41) is 0. The Bertz CT molecular complexity index is 336. The van der Waals surface area contributed by atoms with Crippen molar-refractivity contribution >= 4 is 0 Å². The number of furan rings is 1. The van der Waals surface area contributed by atoms with Crippen molar-refractivity contribution in [3.05, 3.63) is 30.6 Å². The van der Waals surface area contributed by atoms with E-state index in [0.29, 0.717) is 6.04 Å². The summed E-state index contributed by atoms with van der Waals surface area (Å²) in [6.45, 7) is 12.4. The van der Waals surface area contributed by atoms with Gasteiger partial charge in [0.2, 0.25) is 0 Å². The predicted octanol–water partition coefficient (Wildman–Crippen LogP) is 2.65. The second-order valence-corrected chi connectivity index (χ2v) is 5.37. The van der Waals surface area contributed by atoms with Crippen LogP contribution in [0.5, 0.6) is 0 Å². The van der Waals surface area contributed by atoms with E-state index in [-0.39, 0.29) is 0 Å². The minimum absolute atomic E-state index is 0.671. The van der Waals surface area contributed by atoms with Crippen LogP contribution in [-0.2, 0) is 6.54 Å². The van der Waals surface area contributed by atoms with Crippen LogP contribution >= 0.6 is 0 Å². The molecule has 1 fully saturated rings.